The van der Waals surface area contributed by atoms with Gasteiger partial charge in [-0.25, -0.2) is 0 Å². The van der Waals surface area contributed by atoms with E-state index in [1.54, 1.807) is 25.3 Å². The number of benzene rings is 2. The predicted molar refractivity (Wildman–Crippen MR) is 136 cm³/mol. The minimum atomic E-state index is -0.439. The Bertz CT molecular complexity index is 1240. The van der Waals surface area contributed by atoms with Crippen LogP contribution in [0.2, 0.25) is 0 Å². The first-order valence-electron chi connectivity index (χ1n) is 11.9. The third kappa shape index (κ3) is 5.65. The summed E-state index contributed by atoms with van der Waals surface area (Å²) in [5.41, 5.74) is 9.78. The van der Waals surface area contributed by atoms with Crippen molar-refractivity contribution in [2.45, 2.75) is 32.6 Å². The second-order valence-electron chi connectivity index (χ2n) is 8.84. The summed E-state index contributed by atoms with van der Waals surface area (Å²) in [6.45, 7) is 2.90. The van der Waals surface area contributed by atoms with Crippen LogP contribution in [0.15, 0.2) is 42.6 Å². The zero-order chi connectivity index (χ0) is 24.9. The number of primary amides is 1. The summed E-state index contributed by atoms with van der Waals surface area (Å²) in [5, 5.41) is 4.30. The average molecular weight is 477 g/mol. The van der Waals surface area contributed by atoms with Crippen LogP contribution in [0.25, 0.3) is 10.9 Å². The number of aryl methyl sites for hydroxylation is 1. The first-order chi connectivity index (χ1) is 16.9. The van der Waals surface area contributed by atoms with Gasteiger partial charge in [0, 0.05) is 41.9 Å². The lowest BCUT2D eigenvalue weighted by Gasteiger charge is -2.20. The number of hydrogen-bond acceptors (Lipinski definition) is 6. The van der Waals surface area contributed by atoms with Gasteiger partial charge in [-0.3, -0.25) is 14.6 Å². The third-order valence-corrected chi connectivity index (χ3v) is 6.24. The van der Waals surface area contributed by atoms with E-state index in [9.17, 15) is 9.59 Å². The maximum absolute atomic E-state index is 12.2. The van der Waals surface area contributed by atoms with E-state index < -0.39 is 5.91 Å². The highest BCUT2D eigenvalue weighted by Crippen LogP contribution is 2.38. The zero-order valence-corrected chi connectivity index (χ0v) is 20.5. The lowest BCUT2D eigenvalue weighted by Crippen LogP contribution is -2.31. The van der Waals surface area contributed by atoms with Crippen molar-refractivity contribution in [3.63, 3.8) is 0 Å². The van der Waals surface area contributed by atoms with Crippen LogP contribution in [0.1, 0.15) is 30.9 Å². The molecule has 1 aliphatic carbocycles. The first kappa shape index (κ1) is 24.3. The normalized spacial score (nSPS) is 12.9. The molecule has 0 spiro atoms. The molecule has 0 unspecified atom stereocenters. The number of para-hydroxylation sites is 1. The van der Waals surface area contributed by atoms with Gasteiger partial charge in [0.05, 0.1) is 31.3 Å². The quantitative estimate of drug-likeness (QED) is 0.436. The highest BCUT2D eigenvalue weighted by atomic mass is 16.5. The molecule has 35 heavy (non-hydrogen) atoms. The number of carbonyl (C=O) groups is 2. The van der Waals surface area contributed by atoms with Crippen LogP contribution in [0.4, 0.5) is 11.4 Å². The van der Waals surface area contributed by atoms with Crippen molar-refractivity contribution in [1.82, 2.24) is 9.88 Å². The molecule has 2 aromatic carbocycles. The number of amides is 2. The predicted octanol–water partition coefficient (Wildman–Crippen LogP) is 3.82. The maximum atomic E-state index is 12.2. The van der Waals surface area contributed by atoms with Crippen LogP contribution in [0.3, 0.4) is 0 Å². The van der Waals surface area contributed by atoms with E-state index in [0.717, 1.165) is 41.6 Å². The van der Waals surface area contributed by atoms with Crippen LogP contribution in [-0.2, 0) is 22.4 Å². The van der Waals surface area contributed by atoms with Crippen molar-refractivity contribution in [2.24, 2.45) is 11.7 Å². The Morgan fingerprint density at radius 2 is 1.94 bits per heavy atom. The summed E-state index contributed by atoms with van der Waals surface area (Å²) in [5.74, 6) is 0.984. The van der Waals surface area contributed by atoms with Crippen LogP contribution >= 0.6 is 0 Å². The number of aromatic nitrogens is 1. The second kappa shape index (κ2) is 10.6. The largest absolute Gasteiger partial charge is 0.493 e. The van der Waals surface area contributed by atoms with E-state index in [4.69, 9.17) is 15.2 Å². The SMILES string of the molecule is CCc1ccccc1Nc1c(CC(N)=O)cnc2cc(OC)c(OCCN(C)C(=O)C3CC3)cc12. The molecule has 1 fully saturated rings. The van der Waals surface area contributed by atoms with Gasteiger partial charge >= 0.3 is 0 Å². The zero-order valence-electron chi connectivity index (χ0n) is 20.5. The molecule has 2 amide bonds. The topological polar surface area (TPSA) is 107 Å². The van der Waals surface area contributed by atoms with Crippen LogP contribution in [0, 0.1) is 5.92 Å². The first-order valence-corrected chi connectivity index (χ1v) is 11.9. The fourth-order valence-corrected chi connectivity index (χ4v) is 4.11. The molecule has 0 aliphatic heterocycles. The fourth-order valence-electron chi connectivity index (χ4n) is 4.11. The molecular formula is C27H32N4O4. The molecular weight excluding hydrogens is 444 g/mol. The van der Waals surface area contributed by atoms with Crippen molar-refractivity contribution in [2.75, 3.05) is 32.6 Å². The van der Waals surface area contributed by atoms with Crippen molar-refractivity contribution >= 4 is 34.1 Å². The molecule has 8 heteroatoms. The lowest BCUT2D eigenvalue weighted by atomic mass is 10.0. The fraction of sp³-hybridized carbons (Fsp3) is 0.370. The van der Waals surface area contributed by atoms with Gasteiger partial charge in [-0.15, -0.1) is 0 Å². The number of anilines is 2. The van der Waals surface area contributed by atoms with Crippen molar-refractivity contribution in [3.8, 4) is 11.5 Å². The van der Waals surface area contributed by atoms with Gasteiger partial charge in [0.25, 0.3) is 0 Å². The molecule has 1 heterocycles. The highest BCUT2D eigenvalue weighted by Gasteiger charge is 2.31. The van der Waals surface area contributed by atoms with E-state index in [2.05, 4.69) is 23.3 Å². The molecule has 184 valence electrons. The summed E-state index contributed by atoms with van der Waals surface area (Å²) < 4.78 is 11.6. The number of ether oxygens (including phenoxy) is 2. The smallest absolute Gasteiger partial charge is 0.225 e. The Morgan fingerprint density at radius 3 is 2.63 bits per heavy atom. The molecule has 1 saturated carbocycles. The highest BCUT2D eigenvalue weighted by molar-refractivity contribution is 5.98. The van der Waals surface area contributed by atoms with E-state index in [-0.39, 0.29) is 18.2 Å². The molecule has 0 saturated heterocycles. The molecule has 1 aliphatic rings. The van der Waals surface area contributed by atoms with Crippen molar-refractivity contribution in [3.05, 3.63) is 53.7 Å². The number of likely N-dealkylation sites (N-methyl/N-ethyl adjacent to an activating group) is 1. The Morgan fingerprint density at radius 1 is 1.17 bits per heavy atom. The van der Waals surface area contributed by atoms with Gasteiger partial charge in [0.15, 0.2) is 11.5 Å². The average Bonchev–Trinajstić information content (AvgIpc) is 3.70. The monoisotopic (exact) mass is 476 g/mol. The van der Waals surface area contributed by atoms with Crippen molar-refractivity contribution < 1.29 is 19.1 Å². The number of nitrogens with one attached hydrogen (secondary N) is 1. The standard InChI is InChI=1S/C27H32N4O4/c1-4-17-7-5-6-8-21(17)30-26-19(13-25(28)32)16-29-22-15-23(34-3)24(14-20(22)26)35-12-11-31(2)27(33)18-9-10-18/h5-8,14-16,18H,4,9-13H2,1-3H3,(H2,28,32)(H,29,30). The molecule has 0 bridgehead atoms. The summed E-state index contributed by atoms with van der Waals surface area (Å²) in [7, 11) is 3.38. The van der Waals surface area contributed by atoms with Crippen LogP contribution < -0.4 is 20.5 Å². The van der Waals surface area contributed by atoms with E-state index in [1.807, 2.05) is 30.3 Å². The number of rotatable bonds is 11. The Hall–Kier alpha value is -3.81. The van der Waals surface area contributed by atoms with Gasteiger partial charge in [0.1, 0.15) is 6.61 Å². The molecule has 3 N–H and O–H groups in total. The van der Waals surface area contributed by atoms with Gasteiger partial charge in [-0.2, -0.15) is 0 Å². The minimum absolute atomic E-state index is 0.0514. The number of pyridine rings is 1. The number of hydrogen-bond donors (Lipinski definition) is 2. The van der Waals surface area contributed by atoms with E-state index in [0.29, 0.717) is 35.7 Å². The summed E-state index contributed by atoms with van der Waals surface area (Å²) in [6, 6.07) is 11.7. The Labute approximate surface area is 205 Å². The summed E-state index contributed by atoms with van der Waals surface area (Å²) in [6.07, 6.45) is 4.52. The van der Waals surface area contributed by atoms with Crippen LogP contribution in [0.5, 0.6) is 11.5 Å². The summed E-state index contributed by atoms with van der Waals surface area (Å²) >= 11 is 0. The molecule has 0 atom stereocenters. The lowest BCUT2D eigenvalue weighted by molar-refractivity contribution is -0.131. The van der Waals surface area contributed by atoms with Crippen LogP contribution in [-0.4, -0.2) is 49.0 Å². The molecule has 4 rings (SSSR count). The molecule has 0 radical (unpaired) electrons. The van der Waals surface area contributed by atoms with E-state index in [1.165, 1.54) is 0 Å². The number of nitrogens with two attached hydrogens (primary N) is 1. The molecule has 3 aromatic rings. The number of fused-ring (bicyclic) bond motifs is 1. The maximum Gasteiger partial charge on any atom is 0.225 e. The minimum Gasteiger partial charge on any atom is -0.493 e. The van der Waals surface area contributed by atoms with Gasteiger partial charge in [-0.05, 0) is 37.0 Å². The van der Waals surface area contributed by atoms with E-state index >= 15 is 0 Å². The number of carbonyl (C=O) groups excluding carboxylic acids is 2. The van der Waals surface area contributed by atoms with Gasteiger partial charge in [0.2, 0.25) is 11.8 Å². The Kier molecular flexibility index (Phi) is 7.39. The second-order valence-corrected chi connectivity index (χ2v) is 8.84. The number of nitrogens with zero attached hydrogens (tertiary/aromatic N) is 2. The molecule has 8 nitrogen and oxygen atoms in total. The Balaban J connectivity index is 1.69. The van der Waals surface area contributed by atoms with Gasteiger partial charge < -0.3 is 25.4 Å². The third-order valence-electron chi connectivity index (χ3n) is 6.24. The van der Waals surface area contributed by atoms with Crippen molar-refractivity contribution in [1.29, 1.82) is 0 Å². The van der Waals surface area contributed by atoms with Gasteiger partial charge in [-0.1, -0.05) is 25.1 Å². The molecule has 1 aromatic heterocycles. The number of methoxy groups -OCH3 is 1. The summed E-state index contributed by atoms with van der Waals surface area (Å²) in [4.78, 5) is 30.3.